The van der Waals surface area contributed by atoms with E-state index in [1.807, 2.05) is 6.07 Å². The van der Waals surface area contributed by atoms with Crippen LogP contribution in [-0.2, 0) is 0 Å². The van der Waals surface area contributed by atoms with Crippen molar-refractivity contribution in [3.8, 4) is 6.07 Å². The van der Waals surface area contributed by atoms with Crippen molar-refractivity contribution in [3.05, 3.63) is 53.7 Å². The quantitative estimate of drug-likeness (QED) is 0.861. The molecule has 1 amide bonds. The molecule has 0 spiro atoms. The number of pyridine rings is 1. The van der Waals surface area contributed by atoms with Gasteiger partial charge in [-0.25, -0.2) is 4.98 Å². The molecule has 0 aliphatic rings. The van der Waals surface area contributed by atoms with E-state index in [0.717, 1.165) is 0 Å². The number of nitrogens with zero attached hydrogens (tertiary/aromatic N) is 2. The van der Waals surface area contributed by atoms with Crippen LogP contribution in [0, 0.1) is 11.3 Å². The number of hydrogen-bond acceptors (Lipinski definition) is 4. The van der Waals surface area contributed by atoms with Crippen LogP contribution in [-0.4, -0.2) is 22.8 Å². The minimum Gasteiger partial charge on any atom is -0.322 e. The summed E-state index contributed by atoms with van der Waals surface area (Å²) in [5.74, 6) is -1.72. The predicted octanol–water partition coefficient (Wildman–Crippen LogP) is 3.86. The molecule has 0 atom stereocenters. The lowest BCUT2D eigenvalue weighted by atomic mass is 10.2. The van der Waals surface area contributed by atoms with E-state index in [1.54, 1.807) is 18.2 Å². The SMILES string of the molecule is N#Cc1cccc(NC(=O)c2cccnc2SCC(F)(F)F)c1. The first-order chi connectivity index (χ1) is 10.9. The van der Waals surface area contributed by atoms with Crippen molar-refractivity contribution in [2.75, 3.05) is 11.1 Å². The van der Waals surface area contributed by atoms with Crippen LogP contribution < -0.4 is 5.32 Å². The average molecular weight is 337 g/mol. The summed E-state index contributed by atoms with van der Waals surface area (Å²) in [5.41, 5.74) is 0.787. The molecule has 0 saturated heterocycles. The molecule has 1 heterocycles. The summed E-state index contributed by atoms with van der Waals surface area (Å²) in [6, 6.07) is 11.0. The van der Waals surface area contributed by atoms with Crippen LogP contribution in [0.2, 0.25) is 0 Å². The van der Waals surface area contributed by atoms with Gasteiger partial charge >= 0.3 is 6.18 Å². The summed E-state index contributed by atoms with van der Waals surface area (Å²) in [6.45, 7) is 0. The first-order valence-electron chi connectivity index (χ1n) is 6.35. The van der Waals surface area contributed by atoms with Gasteiger partial charge in [0.1, 0.15) is 5.03 Å². The first kappa shape index (κ1) is 16.8. The molecule has 0 bridgehead atoms. The second kappa shape index (κ2) is 7.15. The van der Waals surface area contributed by atoms with E-state index in [9.17, 15) is 18.0 Å². The fourth-order valence-corrected chi connectivity index (χ4v) is 2.45. The van der Waals surface area contributed by atoms with Gasteiger partial charge in [0.05, 0.1) is 22.9 Å². The zero-order valence-corrected chi connectivity index (χ0v) is 12.4. The molecule has 2 rings (SSSR count). The Morgan fingerprint density at radius 2 is 2.09 bits per heavy atom. The van der Waals surface area contributed by atoms with Gasteiger partial charge in [0, 0.05) is 11.9 Å². The highest BCUT2D eigenvalue weighted by Crippen LogP contribution is 2.28. The van der Waals surface area contributed by atoms with Crippen molar-refractivity contribution in [1.82, 2.24) is 4.98 Å². The summed E-state index contributed by atoms with van der Waals surface area (Å²) in [5, 5.41) is 11.4. The van der Waals surface area contributed by atoms with Crippen molar-refractivity contribution in [3.63, 3.8) is 0 Å². The fraction of sp³-hybridized carbons (Fsp3) is 0.133. The predicted molar refractivity (Wildman–Crippen MR) is 80.1 cm³/mol. The number of amides is 1. The second-order valence-corrected chi connectivity index (χ2v) is 5.37. The van der Waals surface area contributed by atoms with E-state index in [2.05, 4.69) is 10.3 Å². The maximum atomic E-state index is 12.3. The van der Waals surface area contributed by atoms with Gasteiger partial charge in [-0.1, -0.05) is 17.8 Å². The average Bonchev–Trinajstić information content (AvgIpc) is 2.52. The molecule has 4 nitrogen and oxygen atoms in total. The van der Waals surface area contributed by atoms with Crippen LogP contribution in [0.3, 0.4) is 0 Å². The maximum absolute atomic E-state index is 12.3. The topological polar surface area (TPSA) is 65.8 Å². The van der Waals surface area contributed by atoms with Crippen molar-refractivity contribution in [2.24, 2.45) is 0 Å². The zero-order valence-electron chi connectivity index (χ0n) is 11.6. The molecule has 0 aliphatic heterocycles. The third kappa shape index (κ3) is 5.00. The van der Waals surface area contributed by atoms with Crippen molar-refractivity contribution in [1.29, 1.82) is 5.26 Å². The number of alkyl halides is 3. The van der Waals surface area contributed by atoms with Gasteiger partial charge in [0.15, 0.2) is 0 Å². The van der Waals surface area contributed by atoms with E-state index < -0.39 is 17.8 Å². The number of anilines is 1. The molecular formula is C15H10F3N3OS. The van der Waals surface area contributed by atoms with Crippen molar-refractivity contribution >= 4 is 23.4 Å². The van der Waals surface area contributed by atoms with Crippen LogP contribution in [0.15, 0.2) is 47.6 Å². The monoisotopic (exact) mass is 337 g/mol. The van der Waals surface area contributed by atoms with Gasteiger partial charge in [-0.15, -0.1) is 0 Å². The van der Waals surface area contributed by atoms with Gasteiger partial charge in [-0.2, -0.15) is 18.4 Å². The molecule has 0 fully saturated rings. The Bertz CT molecular complexity index is 756. The molecule has 8 heteroatoms. The van der Waals surface area contributed by atoms with Crippen LogP contribution >= 0.6 is 11.8 Å². The van der Waals surface area contributed by atoms with Crippen LogP contribution in [0.25, 0.3) is 0 Å². The lowest BCUT2D eigenvalue weighted by molar-refractivity contribution is -0.105. The van der Waals surface area contributed by atoms with Crippen LogP contribution in [0.4, 0.5) is 18.9 Å². The highest BCUT2D eigenvalue weighted by molar-refractivity contribution is 7.99. The number of nitriles is 1. The molecular weight excluding hydrogens is 327 g/mol. The van der Waals surface area contributed by atoms with Gasteiger partial charge < -0.3 is 5.32 Å². The lowest BCUT2D eigenvalue weighted by Gasteiger charge is -2.10. The van der Waals surface area contributed by atoms with Crippen LogP contribution in [0.1, 0.15) is 15.9 Å². The van der Waals surface area contributed by atoms with Gasteiger partial charge in [-0.3, -0.25) is 4.79 Å². The molecule has 1 N–H and O–H groups in total. The normalized spacial score (nSPS) is 10.9. The minimum atomic E-state index is -4.35. The van der Waals surface area contributed by atoms with Crippen LogP contribution in [0.5, 0.6) is 0 Å². The molecule has 2 aromatic rings. The highest BCUT2D eigenvalue weighted by atomic mass is 32.2. The summed E-state index contributed by atoms with van der Waals surface area (Å²) < 4.78 is 37.0. The molecule has 1 aromatic heterocycles. The third-order valence-electron chi connectivity index (χ3n) is 2.64. The van der Waals surface area contributed by atoms with E-state index in [-0.39, 0.29) is 10.6 Å². The van der Waals surface area contributed by atoms with E-state index >= 15 is 0 Å². The van der Waals surface area contributed by atoms with Gasteiger partial charge in [0.25, 0.3) is 5.91 Å². The number of nitrogens with one attached hydrogen (secondary N) is 1. The molecule has 0 unspecified atom stereocenters. The molecule has 0 radical (unpaired) electrons. The number of halogens is 3. The summed E-state index contributed by atoms with van der Waals surface area (Å²) in [6.07, 6.45) is -3.02. The number of carbonyl (C=O) groups is 1. The number of thioether (sulfide) groups is 1. The second-order valence-electron chi connectivity index (χ2n) is 4.41. The van der Waals surface area contributed by atoms with Crippen molar-refractivity contribution in [2.45, 2.75) is 11.2 Å². The van der Waals surface area contributed by atoms with E-state index in [0.29, 0.717) is 23.0 Å². The fourth-order valence-electron chi connectivity index (χ4n) is 1.69. The van der Waals surface area contributed by atoms with E-state index in [4.69, 9.17) is 5.26 Å². The Balaban J connectivity index is 2.17. The molecule has 0 aliphatic carbocycles. The third-order valence-corrected chi connectivity index (χ3v) is 3.71. The summed E-state index contributed by atoms with van der Waals surface area (Å²) in [4.78, 5) is 16.1. The smallest absolute Gasteiger partial charge is 0.322 e. The Morgan fingerprint density at radius 3 is 2.78 bits per heavy atom. The maximum Gasteiger partial charge on any atom is 0.398 e. The van der Waals surface area contributed by atoms with Gasteiger partial charge in [0.2, 0.25) is 0 Å². The molecule has 0 saturated carbocycles. The van der Waals surface area contributed by atoms with Gasteiger partial charge in [-0.05, 0) is 30.3 Å². The Hall–Kier alpha value is -2.53. The number of benzene rings is 1. The Kier molecular flexibility index (Phi) is 5.24. The summed E-state index contributed by atoms with van der Waals surface area (Å²) >= 11 is 0.451. The summed E-state index contributed by atoms with van der Waals surface area (Å²) in [7, 11) is 0. The first-order valence-corrected chi connectivity index (χ1v) is 7.34. The minimum absolute atomic E-state index is 0.00115. The molecule has 118 valence electrons. The molecule has 23 heavy (non-hydrogen) atoms. The number of hydrogen-bond donors (Lipinski definition) is 1. The lowest BCUT2D eigenvalue weighted by Crippen LogP contribution is -2.15. The Labute approximate surface area is 134 Å². The standard InChI is InChI=1S/C15H10F3N3OS/c16-15(17,18)9-23-14-12(5-2-6-20-14)13(22)21-11-4-1-3-10(7-11)8-19/h1-7H,9H2,(H,21,22). The van der Waals surface area contributed by atoms with E-state index in [1.165, 1.54) is 24.4 Å². The number of aromatic nitrogens is 1. The Morgan fingerprint density at radius 1 is 1.30 bits per heavy atom. The highest BCUT2D eigenvalue weighted by Gasteiger charge is 2.28. The molecule has 1 aromatic carbocycles. The number of carbonyl (C=O) groups excluding carboxylic acids is 1. The number of rotatable bonds is 4. The largest absolute Gasteiger partial charge is 0.398 e. The van der Waals surface area contributed by atoms with Crippen molar-refractivity contribution < 1.29 is 18.0 Å². The zero-order chi connectivity index (χ0) is 16.9.